The molecule has 1 saturated heterocycles. The smallest absolute Gasteiger partial charge is 0.141 e. The van der Waals surface area contributed by atoms with Gasteiger partial charge in [-0.2, -0.15) is 0 Å². The van der Waals surface area contributed by atoms with Gasteiger partial charge in [-0.05, 0) is 46.7 Å². The van der Waals surface area contributed by atoms with Crippen LogP contribution in [0.5, 0.6) is 5.75 Å². The third-order valence-electron chi connectivity index (χ3n) is 5.30. The van der Waals surface area contributed by atoms with E-state index in [0.717, 1.165) is 29.5 Å². The van der Waals surface area contributed by atoms with Gasteiger partial charge >= 0.3 is 0 Å². The summed E-state index contributed by atoms with van der Waals surface area (Å²) in [5.41, 5.74) is 4.04. The second-order valence-electron chi connectivity index (χ2n) is 8.57. The van der Waals surface area contributed by atoms with E-state index in [9.17, 15) is 0 Å². The molecule has 0 amide bonds. The fraction of sp³-hybridized carbons (Fsp3) is 0.400. The standard InChI is InChI=1S/C25H31NOS2/c1-6-7-22-23(16-18-8-12-20(13-9-18)25(2,3)4)29-24(28)26(22)17-19-10-14-21(27-5)15-11-19/h8-16,22H,6-7,17H2,1-5H3/b23-16-. The van der Waals surface area contributed by atoms with E-state index in [1.54, 1.807) is 18.9 Å². The summed E-state index contributed by atoms with van der Waals surface area (Å²) < 4.78 is 6.25. The Hall–Kier alpha value is -1.78. The summed E-state index contributed by atoms with van der Waals surface area (Å²) in [6.45, 7) is 9.83. The van der Waals surface area contributed by atoms with Crippen LogP contribution >= 0.6 is 24.0 Å². The minimum atomic E-state index is 0.176. The number of hydrogen-bond donors (Lipinski definition) is 0. The van der Waals surface area contributed by atoms with E-state index in [1.807, 2.05) is 12.1 Å². The quantitative estimate of drug-likeness (QED) is 0.460. The van der Waals surface area contributed by atoms with Crippen molar-refractivity contribution in [2.45, 2.75) is 58.5 Å². The number of thiocarbonyl (C=S) groups is 1. The van der Waals surface area contributed by atoms with Gasteiger partial charge in [0.2, 0.25) is 0 Å². The molecule has 2 nitrogen and oxygen atoms in total. The Kier molecular flexibility index (Phi) is 7.07. The topological polar surface area (TPSA) is 12.5 Å². The molecule has 0 aliphatic carbocycles. The van der Waals surface area contributed by atoms with Crippen LogP contribution in [-0.4, -0.2) is 22.4 Å². The Morgan fingerprint density at radius 1 is 1.07 bits per heavy atom. The van der Waals surface area contributed by atoms with Gasteiger partial charge in [0.25, 0.3) is 0 Å². The van der Waals surface area contributed by atoms with Gasteiger partial charge < -0.3 is 9.64 Å². The molecule has 1 heterocycles. The molecule has 154 valence electrons. The molecular weight excluding hydrogens is 394 g/mol. The predicted molar refractivity (Wildman–Crippen MR) is 131 cm³/mol. The zero-order chi connectivity index (χ0) is 21.0. The van der Waals surface area contributed by atoms with Crippen molar-refractivity contribution in [3.8, 4) is 5.75 Å². The average molecular weight is 426 g/mol. The third-order valence-corrected chi connectivity index (χ3v) is 6.82. The highest BCUT2D eigenvalue weighted by Gasteiger charge is 2.33. The van der Waals surface area contributed by atoms with Crippen molar-refractivity contribution in [2.75, 3.05) is 7.11 Å². The highest BCUT2D eigenvalue weighted by atomic mass is 32.2. The summed E-state index contributed by atoms with van der Waals surface area (Å²) in [5, 5.41) is 0. The molecule has 0 radical (unpaired) electrons. The summed E-state index contributed by atoms with van der Waals surface area (Å²) in [6, 6.07) is 17.6. The first-order valence-corrected chi connectivity index (χ1v) is 11.5. The van der Waals surface area contributed by atoms with Crippen molar-refractivity contribution in [1.82, 2.24) is 4.90 Å². The SMILES string of the molecule is CCCC1/C(=C/c2ccc(C(C)(C)C)cc2)SC(=S)N1Cc1ccc(OC)cc1. The average Bonchev–Trinajstić information content (AvgIpc) is 2.97. The monoisotopic (exact) mass is 425 g/mol. The van der Waals surface area contributed by atoms with E-state index < -0.39 is 0 Å². The molecule has 0 aromatic heterocycles. The lowest BCUT2D eigenvalue weighted by molar-refractivity contribution is 0.348. The van der Waals surface area contributed by atoms with Gasteiger partial charge in [0.05, 0.1) is 13.2 Å². The zero-order valence-electron chi connectivity index (χ0n) is 18.1. The molecule has 29 heavy (non-hydrogen) atoms. The van der Waals surface area contributed by atoms with Crippen LogP contribution in [0.25, 0.3) is 6.08 Å². The highest BCUT2D eigenvalue weighted by molar-refractivity contribution is 8.26. The summed E-state index contributed by atoms with van der Waals surface area (Å²) in [7, 11) is 1.70. The molecule has 2 aromatic rings. The van der Waals surface area contributed by atoms with Crippen molar-refractivity contribution in [3.05, 3.63) is 70.1 Å². The second kappa shape index (κ2) is 9.36. The van der Waals surface area contributed by atoms with Crippen LogP contribution in [0, 0.1) is 0 Å². The molecule has 1 aliphatic rings. The summed E-state index contributed by atoms with van der Waals surface area (Å²) >= 11 is 7.51. The zero-order valence-corrected chi connectivity index (χ0v) is 19.7. The number of rotatable bonds is 6. The Morgan fingerprint density at radius 2 is 1.72 bits per heavy atom. The minimum absolute atomic E-state index is 0.176. The molecule has 4 heteroatoms. The van der Waals surface area contributed by atoms with Gasteiger partial charge in [-0.25, -0.2) is 0 Å². The number of ether oxygens (including phenoxy) is 1. The van der Waals surface area contributed by atoms with Gasteiger partial charge in [-0.1, -0.05) is 94.5 Å². The Morgan fingerprint density at radius 3 is 2.28 bits per heavy atom. The number of hydrogen-bond acceptors (Lipinski definition) is 3. The first kappa shape index (κ1) is 21.9. The second-order valence-corrected chi connectivity index (χ2v) is 10.3. The Bertz CT molecular complexity index is 863. The molecular formula is C25H31NOS2. The molecule has 1 unspecified atom stereocenters. The number of methoxy groups -OCH3 is 1. The Labute approximate surface area is 185 Å². The van der Waals surface area contributed by atoms with Crippen LogP contribution in [0.2, 0.25) is 0 Å². The van der Waals surface area contributed by atoms with Crippen LogP contribution in [-0.2, 0) is 12.0 Å². The maximum absolute atomic E-state index is 5.77. The number of nitrogens with zero attached hydrogens (tertiary/aromatic N) is 1. The summed E-state index contributed by atoms with van der Waals surface area (Å²) in [5.74, 6) is 0.886. The molecule has 1 atom stereocenters. The molecule has 3 rings (SSSR count). The normalized spacial score (nSPS) is 18.5. The lowest BCUT2D eigenvalue weighted by Gasteiger charge is -2.26. The van der Waals surface area contributed by atoms with Gasteiger partial charge in [0, 0.05) is 11.4 Å². The van der Waals surface area contributed by atoms with Crippen molar-refractivity contribution in [3.63, 3.8) is 0 Å². The van der Waals surface area contributed by atoms with Gasteiger partial charge in [-0.15, -0.1) is 0 Å². The van der Waals surface area contributed by atoms with E-state index in [-0.39, 0.29) is 5.41 Å². The van der Waals surface area contributed by atoms with E-state index in [0.29, 0.717) is 6.04 Å². The van der Waals surface area contributed by atoms with Gasteiger partial charge in [0.1, 0.15) is 10.1 Å². The number of thioether (sulfide) groups is 1. The fourth-order valence-electron chi connectivity index (χ4n) is 3.55. The van der Waals surface area contributed by atoms with Crippen molar-refractivity contribution < 1.29 is 4.74 Å². The predicted octanol–water partition coefficient (Wildman–Crippen LogP) is 7.04. The highest BCUT2D eigenvalue weighted by Crippen LogP contribution is 2.40. The van der Waals surface area contributed by atoms with E-state index in [1.165, 1.54) is 21.6 Å². The molecule has 0 N–H and O–H groups in total. The third kappa shape index (κ3) is 5.43. The van der Waals surface area contributed by atoms with Crippen LogP contribution in [0.1, 0.15) is 57.2 Å². The lowest BCUT2D eigenvalue weighted by atomic mass is 9.86. The Balaban J connectivity index is 1.81. The van der Waals surface area contributed by atoms with Crippen LogP contribution in [0.3, 0.4) is 0 Å². The first-order valence-electron chi connectivity index (χ1n) is 10.3. The van der Waals surface area contributed by atoms with Crippen LogP contribution < -0.4 is 4.74 Å². The van der Waals surface area contributed by atoms with Crippen molar-refractivity contribution in [1.29, 1.82) is 0 Å². The summed E-state index contributed by atoms with van der Waals surface area (Å²) in [4.78, 5) is 3.73. The van der Waals surface area contributed by atoms with Crippen molar-refractivity contribution >= 4 is 34.4 Å². The molecule has 1 fully saturated rings. The van der Waals surface area contributed by atoms with E-state index in [2.05, 4.69) is 75.1 Å². The van der Waals surface area contributed by atoms with E-state index in [4.69, 9.17) is 17.0 Å². The minimum Gasteiger partial charge on any atom is -0.497 e. The number of benzene rings is 2. The van der Waals surface area contributed by atoms with E-state index >= 15 is 0 Å². The maximum Gasteiger partial charge on any atom is 0.141 e. The van der Waals surface area contributed by atoms with Crippen molar-refractivity contribution in [2.24, 2.45) is 0 Å². The van der Waals surface area contributed by atoms with Gasteiger partial charge in [0.15, 0.2) is 0 Å². The van der Waals surface area contributed by atoms with Gasteiger partial charge in [-0.3, -0.25) is 0 Å². The molecule has 0 bridgehead atoms. The largest absolute Gasteiger partial charge is 0.497 e. The van der Waals surface area contributed by atoms with Crippen LogP contribution in [0.15, 0.2) is 53.4 Å². The molecule has 1 aliphatic heterocycles. The molecule has 0 spiro atoms. The molecule has 0 saturated carbocycles. The van der Waals surface area contributed by atoms with Crippen LogP contribution in [0.4, 0.5) is 0 Å². The fourth-order valence-corrected chi connectivity index (χ4v) is 5.12. The maximum atomic E-state index is 5.77. The lowest BCUT2D eigenvalue weighted by Crippen LogP contribution is -2.31. The first-order chi connectivity index (χ1) is 13.8. The molecule has 2 aromatic carbocycles. The summed E-state index contributed by atoms with van der Waals surface area (Å²) in [6.07, 6.45) is 4.56.